The molecule has 1 aliphatic heterocycles. The molecule has 1 N–H and O–H groups in total. The largest absolute Gasteiger partial charge is 2.00 e. The van der Waals surface area contributed by atoms with Crippen LogP contribution in [0.5, 0.6) is 0 Å². The summed E-state index contributed by atoms with van der Waals surface area (Å²) < 4.78 is 0. The SMILES string of the molecule is C1=NCCN1.[O-2].[Zn+2]. The van der Waals surface area contributed by atoms with Crippen molar-refractivity contribution in [2.24, 2.45) is 4.99 Å². The predicted molar refractivity (Wildman–Crippen MR) is 22.0 cm³/mol. The standard InChI is InChI=1S/C3H6N2.O.Zn/c1-2-5-3-4-1;;/h3H,1-2H2,(H,4,5);;/q;-2;+2. The Kier molecular flexibility index (Phi) is 8.75. The average molecular weight is 151 g/mol. The third kappa shape index (κ3) is 3.89. The molecule has 1 aliphatic rings. The van der Waals surface area contributed by atoms with Crippen LogP contribution in [0.1, 0.15) is 0 Å². The zero-order valence-electron chi connectivity index (χ0n) is 4.05. The summed E-state index contributed by atoms with van der Waals surface area (Å²) >= 11 is 0. The minimum Gasteiger partial charge on any atom is -2.00 e. The second-order valence-electron chi connectivity index (χ2n) is 0.989. The maximum Gasteiger partial charge on any atom is 2.00 e. The van der Waals surface area contributed by atoms with E-state index in [1.165, 1.54) is 0 Å². The summed E-state index contributed by atoms with van der Waals surface area (Å²) in [5.41, 5.74) is 0. The molecule has 0 aromatic heterocycles. The normalized spacial score (nSPS) is 13.7. The van der Waals surface area contributed by atoms with Crippen molar-refractivity contribution in [3.63, 3.8) is 0 Å². The number of hydrogen-bond donors (Lipinski definition) is 1. The molecule has 4 heteroatoms. The van der Waals surface area contributed by atoms with Crippen molar-refractivity contribution in [2.75, 3.05) is 13.1 Å². The van der Waals surface area contributed by atoms with Crippen LogP contribution in [0.15, 0.2) is 4.99 Å². The van der Waals surface area contributed by atoms with Crippen LogP contribution in [0.3, 0.4) is 0 Å². The molecule has 0 saturated carbocycles. The first-order chi connectivity index (χ1) is 2.50. The molecule has 7 heavy (non-hydrogen) atoms. The average Bonchev–Trinajstić information content (AvgIpc) is 1.76. The smallest absolute Gasteiger partial charge is 2.00 e. The van der Waals surface area contributed by atoms with Crippen LogP contribution in [-0.2, 0) is 25.0 Å². The third-order valence-electron chi connectivity index (χ3n) is 0.568. The number of rotatable bonds is 0. The van der Waals surface area contributed by atoms with E-state index < -0.39 is 0 Å². The van der Waals surface area contributed by atoms with E-state index in [2.05, 4.69) is 10.3 Å². The van der Waals surface area contributed by atoms with Gasteiger partial charge in [0.2, 0.25) is 0 Å². The predicted octanol–water partition coefficient (Wildman–Crippen LogP) is -0.503. The van der Waals surface area contributed by atoms with E-state index >= 15 is 0 Å². The molecule has 0 bridgehead atoms. The summed E-state index contributed by atoms with van der Waals surface area (Å²) in [6.07, 6.45) is 1.74. The van der Waals surface area contributed by atoms with Crippen molar-refractivity contribution in [2.45, 2.75) is 0 Å². The fourth-order valence-corrected chi connectivity index (χ4v) is 0.323. The van der Waals surface area contributed by atoms with Gasteiger partial charge >= 0.3 is 19.5 Å². The van der Waals surface area contributed by atoms with Gasteiger partial charge in [-0.05, 0) is 0 Å². The maximum absolute atomic E-state index is 3.85. The Balaban J connectivity index is 0. The van der Waals surface area contributed by atoms with E-state index in [-0.39, 0.29) is 25.0 Å². The molecule has 0 atom stereocenters. The minimum atomic E-state index is 0. The van der Waals surface area contributed by atoms with E-state index in [1.54, 1.807) is 6.34 Å². The Hall–Kier alpha value is 0.0534. The summed E-state index contributed by atoms with van der Waals surface area (Å²) in [6.45, 7) is 1.99. The molecule has 0 fully saturated rings. The fourth-order valence-electron chi connectivity index (χ4n) is 0.323. The first kappa shape index (κ1) is 10.1. The molecule has 0 unspecified atom stereocenters. The van der Waals surface area contributed by atoms with Crippen LogP contribution in [0.25, 0.3) is 0 Å². The Bertz CT molecular complexity index is 50.9. The topological polar surface area (TPSA) is 52.9 Å². The van der Waals surface area contributed by atoms with E-state index in [1.807, 2.05) is 0 Å². The third-order valence-corrected chi connectivity index (χ3v) is 0.568. The first-order valence-corrected chi connectivity index (χ1v) is 1.72. The molecule has 0 aromatic rings. The summed E-state index contributed by atoms with van der Waals surface area (Å²) in [5, 5.41) is 2.93. The van der Waals surface area contributed by atoms with Crippen LogP contribution >= 0.6 is 0 Å². The van der Waals surface area contributed by atoms with E-state index in [4.69, 9.17) is 0 Å². The van der Waals surface area contributed by atoms with Crippen molar-refractivity contribution in [1.29, 1.82) is 0 Å². The molecule has 3 nitrogen and oxygen atoms in total. The molecule has 1 rings (SSSR count). The molecule has 0 spiro atoms. The van der Waals surface area contributed by atoms with Crippen LogP contribution in [0.2, 0.25) is 0 Å². The van der Waals surface area contributed by atoms with Gasteiger partial charge in [0.1, 0.15) is 0 Å². The number of nitrogens with one attached hydrogen (secondary N) is 1. The van der Waals surface area contributed by atoms with Crippen molar-refractivity contribution in [3.05, 3.63) is 0 Å². The van der Waals surface area contributed by atoms with Gasteiger partial charge in [0.15, 0.2) is 0 Å². The number of hydrogen-bond acceptors (Lipinski definition) is 2. The minimum absolute atomic E-state index is 0. The van der Waals surface area contributed by atoms with Crippen LogP contribution < -0.4 is 5.32 Å². The Morgan fingerprint density at radius 3 is 2.43 bits per heavy atom. The molecule has 0 amide bonds. The monoisotopic (exact) mass is 150 g/mol. The second-order valence-corrected chi connectivity index (χ2v) is 0.989. The van der Waals surface area contributed by atoms with Gasteiger partial charge in [-0.1, -0.05) is 0 Å². The molecule has 0 aliphatic carbocycles. The molecular weight excluding hydrogens is 145 g/mol. The zero-order valence-corrected chi connectivity index (χ0v) is 7.02. The number of nitrogens with zero attached hydrogens (tertiary/aromatic N) is 1. The quantitative estimate of drug-likeness (QED) is 0.466. The van der Waals surface area contributed by atoms with Gasteiger partial charge in [0.05, 0.1) is 12.9 Å². The van der Waals surface area contributed by atoms with Crippen molar-refractivity contribution in [3.8, 4) is 0 Å². The Labute approximate surface area is 55.3 Å². The molecule has 1 heterocycles. The fraction of sp³-hybridized carbons (Fsp3) is 0.667. The Morgan fingerprint density at radius 1 is 1.57 bits per heavy atom. The molecular formula is C3H6N2OZn. The zero-order chi connectivity index (χ0) is 3.54. The van der Waals surface area contributed by atoms with Crippen molar-refractivity contribution >= 4 is 6.34 Å². The second kappa shape index (κ2) is 6.05. The summed E-state index contributed by atoms with van der Waals surface area (Å²) in [6, 6.07) is 0. The maximum atomic E-state index is 3.85. The van der Waals surface area contributed by atoms with Gasteiger partial charge in [-0.3, -0.25) is 4.99 Å². The van der Waals surface area contributed by atoms with Gasteiger partial charge in [-0.15, -0.1) is 0 Å². The van der Waals surface area contributed by atoms with Gasteiger partial charge in [0.25, 0.3) is 0 Å². The molecule has 0 saturated heterocycles. The van der Waals surface area contributed by atoms with Gasteiger partial charge in [-0.25, -0.2) is 0 Å². The van der Waals surface area contributed by atoms with Crippen LogP contribution in [0, 0.1) is 0 Å². The summed E-state index contributed by atoms with van der Waals surface area (Å²) in [7, 11) is 0. The van der Waals surface area contributed by atoms with Gasteiger partial charge in [0, 0.05) is 6.54 Å². The molecule has 0 radical (unpaired) electrons. The molecule has 36 valence electrons. The summed E-state index contributed by atoms with van der Waals surface area (Å²) in [5.74, 6) is 0. The van der Waals surface area contributed by atoms with Crippen molar-refractivity contribution < 1.29 is 25.0 Å². The number of aliphatic imine (C=N–C) groups is 1. The van der Waals surface area contributed by atoms with E-state index in [0.29, 0.717) is 0 Å². The van der Waals surface area contributed by atoms with Crippen molar-refractivity contribution in [1.82, 2.24) is 5.32 Å². The van der Waals surface area contributed by atoms with Gasteiger partial charge in [-0.2, -0.15) is 0 Å². The van der Waals surface area contributed by atoms with E-state index in [0.717, 1.165) is 13.1 Å². The first-order valence-electron chi connectivity index (χ1n) is 1.72. The molecule has 0 aromatic carbocycles. The Morgan fingerprint density at radius 2 is 2.29 bits per heavy atom. The summed E-state index contributed by atoms with van der Waals surface area (Å²) in [4.78, 5) is 3.85. The van der Waals surface area contributed by atoms with Crippen LogP contribution in [-0.4, -0.2) is 19.4 Å². The van der Waals surface area contributed by atoms with Gasteiger partial charge < -0.3 is 10.8 Å². The van der Waals surface area contributed by atoms with E-state index in [9.17, 15) is 0 Å². The van der Waals surface area contributed by atoms with Crippen LogP contribution in [0.4, 0.5) is 0 Å².